The second-order valence-corrected chi connectivity index (χ2v) is 4.28. The van der Waals surface area contributed by atoms with Crippen LogP contribution in [-0.2, 0) is 4.74 Å². The van der Waals surface area contributed by atoms with E-state index >= 15 is 0 Å². The largest absolute Gasteiger partial charge is 0.378 e. The van der Waals surface area contributed by atoms with Crippen molar-refractivity contribution in [2.45, 2.75) is 16.9 Å². The summed E-state index contributed by atoms with van der Waals surface area (Å²) in [6.45, 7) is 4.97. The van der Waals surface area contributed by atoms with Gasteiger partial charge in [0.05, 0.1) is 13.2 Å². The van der Waals surface area contributed by atoms with Crippen molar-refractivity contribution in [3.63, 3.8) is 0 Å². The van der Waals surface area contributed by atoms with Crippen LogP contribution in [0.3, 0.4) is 0 Å². The predicted octanol–water partition coefficient (Wildman–Crippen LogP) is 0.798. The molecule has 2 atom stereocenters. The van der Waals surface area contributed by atoms with E-state index in [1.165, 1.54) is 0 Å². The van der Waals surface area contributed by atoms with Gasteiger partial charge in [-0.05, 0) is 0 Å². The second-order valence-electron chi connectivity index (χ2n) is 2.31. The van der Waals surface area contributed by atoms with Gasteiger partial charge in [0.25, 0.3) is 0 Å². The zero-order valence-electron chi connectivity index (χ0n) is 5.56. The van der Waals surface area contributed by atoms with E-state index in [1.807, 2.05) is 0 Å². The van der Waals surface area contributed by atoms with Crippen LogP contribution in [-0.4, -0.2) is 29.7 Å². The lowest BCUT2D eigenvalue weighted by molar-refractivity contribution is 0.0787. The van der Waals surface area contributed by atoms with E-state index in [4.69, 9.17) is 4.74 Å². The zero-order valence-corrected chi connectivity index (χ0v) is 7.72. The SMILES string of the molecule is CC(I)C1COCCN1. The molecule has 1 heterocycles. The molecule has 0 saturated carbocycles. The summed E-state index contributed by atoms with van der Waals surface area (Å²) in [5, 5.41) is 3.39. The van der Waals surface area contributed by atoms with Crippen LogP contribution in [0.4, 0.5) is 0 Å². The zero-order chi connectivity index (χ0) is 6.69. The molecule has 1 fully saturated rings. The third-order valence-electron chi connectivity index (χ3n) is 1.50. The van der Waals surface area contributed by atoms with Gasteiger partial charge in [-0.15, -0.1) is 0 Å². The molecule has 3 heteroatoms. The minimum Gasteiger partial charge on any atom is -0.378 e. The maximum Gasteiger partial charge on any atom is 0.0630 e. The van der Waals surface area contributed by atoms with Crippen molar-refractivity contribution in [2.75, 3.05) is 19.8 Å². The Labute approximate surface area is 69.5 Å². The monoisotopic (exact) mass is 241 g/mol. The first-order valence-corrected chi connectivity index (χ1v) is 4.50. The number of alkyl halides is 1. The van der Waals surface area contributed by atoms with Gasteiger partial charge in [-0.2, -0.15) is 0 Å². The van der Waals surface area contributed by atoms with Gasteiger partial charge in [0.15, 0.2) is 0 Å². The molecule has 2 unspecified atom stereocenters. The molecule has 1 aliphatic heterocycles. The smallest absolute Gasteiger partial charge is 0.0630 e. The van der Waals surface area contributed by atoms with E-state index in [1.54, 1.807) is 0 Å². The van der Waals surface area contributed by atoms with Gasteiger partial charge in [-0.1, -0.05) is 29.5 Å². The molecule has 2 nitrogen and oxygen atoms in total. The number of morpholine rings is 1. The third-order valence-corrected chi connectivity index (χ3v) is 2.37. The molecule has 1 rings (SSSR count). The standard InChI is InChI=1S/C6H12INO/c1-5(7)6-4-9-3-2-8-6/h5-6,8H,2-4H2,1H3. The number of ether oxygens (including phenoxy) is 1. The highest BCUT2D eigenvalue weighted by atomic mass is 127. The predicted molar refractivity (Wildman–Crippen MR) is 46.1 cm³/mol. The van der Waals surface area contributed by atoms with Crippen LogP contribution in [0.1, 0.15) is 6.92 Å². The molecule has 0 amide bonds. The molecule has 0 aromatic carbocycles. The topological polar surface area (TPSA) is 21.3 Å². The summed E-state index contributed by atoms with van der Waals surface area (Å²) in [5.74, 6) is 0. The van der Waals surface area contributed by atoms with Crippen molar-refractivity contribution < 1.29 is 4.74 Å². The van der Waals surface area contributed by atoms with Gasteiger partial charge in [0.1, 0.15) is 0 Å². The van der Waals surface area contributed by atoms with E-state index < -0.39 is 0 Å². The maximum atomic E-state index is 5.28. The molecule has 0 bridgehead atoms. The molecule has 1 saturated heterocycles. The quantitative estimate of drug-likeness (QED) is 0.541. The van der Waals surface area contributed by atoms with E-state index in [2.05, 4.69) is 34.8 Å². The molecular weight excluding hydrogens is 229 g/mol. The van der Waals surface area contributed by atoms with Gasteiger partial charge >= 0.3 is 0 Å². The van der Waals surface area contributed by atoms with Gasteiger partial charge in [0, 0.05) is 16.5 Å². The molecular formula is C6H12INO. The minimum atomic E-state index is 0.569. The lowest BCUT2D eigenvalue weighted by Gasteiger charge is -2.25. The Bertz CT molecular complexity index is 81.1. The van der Waals surface area contributed by atoms with Crippen molar-refractivity contribution in [3.05, 3.63) is 0 Å². The average molecular weight is 241 g/mol. The Kier molecular flexibility index (Phi) is 3.21. The Balaban J connectivity index is 2.23. The lowest BCUT2D eigenvalue weighted by Crippen LogP contribution is -2.45. The molecule has 9 heavy (non-hydrogen) atoms. The number of hydrogen-bond acceptors (Lipinski definition) is 2. The first kappa shape index (κ1) is 7.75. The summed E-state index contributed by atoms with van der Waals surface area (Å²) in [7, 11) is 0. The number of nitrogens with one attached hydrogen (secondary N) is 1. The van der Waals surface area contributed by atoms with E-state index in [0.717, 1.165) is 19.8 Å². The van der Waals surface area contributed by atoms with Gasteiger partial charge in [0.2, 0.25) is 0 Å². The molecule has 54 valence electrons. The Morgan fingerprint density at radius 3 is 2.89 bits per heavy atom. The van der Waals surface area contributed by atoms with E-state index in [9.17, 15) is 0 Å². The fraction of sp³-hybridized carbons (Fsp3) is 1.00. The van der Waals surface area contributed by atoms with Crippen LogP contribution in [0.25, 0.3) is 0 Å². The fourth-order valence-electron chi connectivity index (χ4n) is 0.881. The number of rotatable bonds is 1. The Hall–Kier alpha value is 0.650. The minimum absolute atomic E-state index is 0.569. The first-order chi connectivity index (χ1) is 4.30. The third kappa shape index (κ3) is 2.39. The van der Waals surface area contributed by atoms with Crippen LogP contribution < -0.4 is 5.32 Å². The molecule has 0 radical (unpaired) electrons. The Morgan fingerprint density at radius 1 is 1.78 bits per heavy atom. The fourth-order valence-corrected chi connectivity index (χ4v) is 1.34. The van der Waals surface area contributed by atoms with Crippen LogP contribution in [0.2, 0.25) is 0 Å². The summed E-state index contributed by atoms with van der Waals surface area (Å²) >= 11 is 2.42. The average Bonchev–Trinajstić information content (AvgIpc) is 1.90. The number of hydrogen-bond donors (Lipinski definition) is 1. The van der Waals surface area contributed by atoms with Crippen LogP contribution in [0.5, 0.6) is 0 Å². The summed E-state index contributed by atoms with van der Waals surface area (Å²) in [6, 6.07) is 0.569. The van der Waals surface area contributed by atoms with Crippen LogP contribution in [0, 0.1) is 0 Å². The van der Waals surface area contributed by atoms with Crippen molar-refractivity contribution in [2.24, 2.45) is 0 Å². The normalized spacial score (nSPS) is 32.0. The van der Waals surface area contributed by atoms with Crippen LogP contribution in [0.15, 0.2) is 0 Å². The molecule has 1 aliphatic rings. The maximum absolute atomic E-state index is 5.28. The van der Waals surface area contributed by atoms with Gasteiger partial charge < -0.3 is 10.1 Å². The van der Waals surface area contributed by atoms with Gasteiger partial charge in [-0.3, -0.25) is 0 Å². The molecule has 0 aromatic heterocycles. The number of halogens is 1. The van der Waals surface area contributed by atoms with E-state index in [0.29, 0.717) is 9.97 Å². The summed E-state index contributed by atoms with van der Waals surface area (Å²) in [4.78, 5) is 0. The van der Waals surface area contributed by atoms with E-state index in [-0.39, 0.29) is 0 Å². The first-order valence-electron chi connectivity index (χ1n) is 3.26. The molecule has 0 aliphatic carbocycles. The molecule has 0 aromatic rings. The van der Waals surface area contributed by atoms with Crippen molar-refractivity contribution in [1.82, 2.24) is 5.32 Å². The molecule has 1 N–H and O–H groups in total. The highest BCUT2D eigenvalue weighted by molar-refractivity contribution is 14.1. The second kappa shape index (κ2) is 3.73. The summed E-state index contributed by atoms with van der Waals surface area (Å²) in [5.41, 5.74) is 0. The summed E-state index contributed by atoms with van der Waals surface area (Å²) < 4.78 is 5.95. The highest BCUT2D eigenvalue weighted by Gasteiger charge is 2.16. The highest BCUT2D eigenvalue weighted by Crippen LogP contribution is 2.07. The Morgan fingerprint density at radius 2 is 2.56 bits per heavy atom. The molecule has 0 spiro atoms. The van der Waals surface area contributed by atoms with Gasteiger partial charge in [-0.25, -0.2) is 0 Å². The van der Waals surface area contributed by atoms with Crippen LogP contribution >= 0.6 is 22.6 Å². The van der Waals surface area contributed by atoms with Crippen molar-refractivity contribution >= 4 is 22.6 Å². The lowest BCUT2D eigenvalue weighted by atomic mass is 10.2. The van der Waals surface area contributed by atoms with Crippen molar-refractivity contribution in [3.8, 4) is 0 Å². The van der Waals surface area contributed by atoms with Crippen molar-refractivity contribution in [1.29, 1.82) is 0 Å². The summed E-state index contributed by atoms with van der Waals surface area (Å²) in [6.07, 6.45) is 0.